The highest BCUT2D eigenvalue weighted by atomic mass is 16.5. The van der Waals surface area contributed by atoms with Crippen molar-refractivity contribution in [3.05, 3.63) is 29.3 Å². The van der Waals surface area contributed by atoms with Crippen LogP contribution >= 0.6 is 0 Å². The zero-order valence-electron chi connectivity index (χ0n) is 12.8. The zero-order chi connectivity index (χ0) is 14.8. The highest BCUT2D eigenvalue weighted by Gasteiger charge is 2.34. The lowest BCUT2D eigenvalue weighted by molar-refractivity contribution is 0.0952. The summed E-state index contributed by atoms with van der Waals surface area (Å²) in [5.74, 6) is 2.40. The van der Waals surface area contributed by atoms with Crippen molar-refractivity contribution < 1.29 is 9.53 Å². The number of benzene rings is 1. The summed E-state index contributed by atoms with van der Waals surface area (Å²) in [5, 5.41) is 6.47. The highest BCUT2D eigenvalue weighted by molar-refractivity contribution is 5.96. The summed E-state index contributed by atoms with van der Waals surface area (Å²) in [6, 6.07) is 5.99. The Kier molecular flexibility index (Phi) is 4.15. The smallest absolute Gasteiger partial charge is 0.251 e. The molecule has 4 heteroatoms. The summed E-state index contributed by atoms with van der Waals surface area (Å²) in [5.41, 5.74) is 1.95. The zero-order valence-corrected chi connectivity index (χ0v) is 12.8. The minimum Gasteiger partial charge on any atom is -0.494 e. The van der Waals surface area contributed by atoms with E-state index in [1.807, 2.05) is 12.1 Å². The molecule has 21 heavy (non-hydrogen) atoms. The van der Waals surface area contributed by atoms with Gasteiger partial charge in [0.15, 0.2) is 0 Å². The molecule has 1 aromatic carbocycles. The Morgan fingerprint density at radius 2 is 2.14 bits per heavy atom. The predicted molar refractivity (Wildman–Crippen MR) is 82.8 cm³/mol. The molecule has 0 unspecified atom stereocenters. The van der Waals surface area contributed by atoms with E-state index in [-0.39, 0.29) is 5.91 Å². The van der Waals surface area contributed by atoms with E-state index in [4.69, 9.17) is 4.74 Å². The SMILES string of the molecule is CC(C)CCOc1ccc2c(c1)C(=O)NC[C@H]1CNC[C@H]21. The summed E-state index contributed by atoms with van der Waals surface area (Å²) in [6.07, 6.45) is 1.03. The Hall–Kier alpha value is -1.55. The third-order valence-corrected chi connectivity index (χ3v) is 4.50. The first-order chi connectivity index (χ1) is 10.1. The summed E-state index contributed by atoms with van der Waals surface area (Å²) in [6.45, 7) is 7.76. The predicted octanol–water partition coefficient (Wildman–Crippen LogP) is 2.16. The van der Waals surface area contributed by atoms with Crippen LogP contribution < -0.4 is 15.4 Å². The van der Waals surface area contributed by atoms with Crippen LogP contribution in [-0.2, 0) is 0 Å². The number of hydrogen-bond donors (Lipinski definition) is 2. The number of fused-ring (bicyclic) bond motifs is 3. The van der Waals surface area contributed by atoms with Gasteiger partial charge in [0.05, 0.1) is 6.61 Å². The number of hydrogen-bond acceptors (Lipinski definition) is 3. The van der Waals surface area contributed by atoms with E-state index in [1.54, 1.807) is 0 Å². The average molecular weight is 288 g/mol. The topological polar surface area (TPSA) is 50.4 Å². The van der Waals surface area contributed by atoms with Crippen molar-refractivity contribution in [2.24, 2.45) is 11.8 Å². The van der Waals surface area contributed by atoms with Gasteiger partial charge in [0, 0.05) is 31.1 Å². The van der Waals surface area contributed by atoms with E-state index >= 15 is 0 Å². The molecule has 2 aliphatic heterocycles. The Labute approximate surface area is 126 Å². The normalized spacial score (nSPS) is 24.2. The third kappa shape index (κ3) is 3.05. The molecule has 2 aliphatic rings. The molecular formula is C17H24N2O2. The van der Waals surface area contributed by atoms with Crippen LogP contribution in [0.1, 0.15) is 42.1 Å². The summed E-state index contributed by atoms with van der Waals surface area (Å²) < 4.78 is 5.79. The minimum atomic E-state index is 0.0358. The van der Waals surface area contributed by atoms with Crippen LogP contribution in [0.3, 0.4) is 0 Å². The fraction of sp³-hybridized carbons (Fsp3) is 0.588. The maximum Gasteiger partial charge on any atom is 0.251 e. The summed E-state index contributed by atoms with van der Waals surface area (Å²) >= 11 is 0. The molecule has 2 heterocycles. The number of carbonyl (C=O) groups excluding carboxylic acids is 1. The summed E-state index contributed by atoms with van der Waals surface area (Å²) in [4.78, 5) is 12.3. The second-order valence-corrected chi connectivity index (χ2v) is 6.51. The van der Waals surface area contributed by atoms with Crippen molar-refractivity contribution in [2.75, 3.05) is 26.2 Å². The molecule has 0 radical (unpaired) electrons. The van der Waals surface area contributed by atoms with Gasteiger partial charge in [0.1, 0.15) is 5.75 Å². The van der Waals surface area contributed by atoms with Crippen LogP contribution in [0.2, 0.25) is 0 Å². The molecule has 2 atom stereocenters. The van der Waals surface area contributed by atoms with Crippen molar-refractivity contribution in [2.45, 2.75) is 26.2 Å². The van der Waals surface area contributed by atoms with Crippen LogP contribution in [0, 0.1) is 11.8 Å². The van der Waals surface area contributed by atoms with Gasteiger partial charge in [-0.2, -0.15) is 0 Å². The Morgan fingerprint density at radius 1 is 1.29 bits per heavy atom. The maximum atomic E-state index is 12.3. The van der Waals surface area contributed by atoms with Crippen LogP contribution in [-0.4, -0.2) is 32.1 Å². The van der Waals surface area contributed by atoms with Gasteiger partial charge in [0.25, 0.3) is 5.91 Å². The molecule has 1 amide bonds. The largest absolute Gasteiger partial charge is 0.494 e. The molecule has 0 aliphatic carbocycles. The van der Waals surface area contributed by atoms with E-state index < -0.39 is 0 Å². The third-order valence-electron chi connectivity index (χ3n) is 4.50. The van der Waals surface area contributed by atoms with Gasteiger partial charge in [-0.15, -0.1) is 0 Å². The quantitative estimate of drug-likeness (QED) is 0.892. The Bertz CT molecular complexity index is 528. The lowest BCUT2D eigenvalue weighted by atomic mass is 9.87. The number of ether oxygens (including phenoxy) is 1. The van der Waals surface area contributed by atoms with Gasteiger partial charge in [-0.05, 0) is 36.0 Å². The van der Waals surface area contributed by atoms with E-state index in [0.717, 1.165) is 42.9 Å². The number of amides is 1. The van der Waals surface area contributed by atoms with Crippen LogP contribution in [0.4, 0.5) is 0 Å². The molecule has 1 aromatic rings. The van der Waals surface area contributed by atoms with E-state index in [0.29, 0.717) is 24.4 Å². The van der Waals surface area contributed by atoms with Crippen molar-refractivity contribution in [3.8, 4) is 5.75 Å². The number of nitrogens with one attached hydrogen (secondary N) is 2. The van der Waals surface area contributed by atoms with Gasteiger partial charge in [-0.1, -0.05) is 19.9 Å². The molecule has 3 rings (SSSR count). The minimum absolute atomic E-state index is 0.0358. The monoisotopic (exact) mass is 288 g/mol. The maximum absolute atomic E-state index is 12.3. The van der Waals surface area contributed by atoms with E-state index in [1.165, 1.54) is 0 Å². The van der Waals surface area contributed by atoms with Gasteiger partial charge >= 0.3 is 0 Å². The second-order valence-electron chi connectivity index (χ2n) is 6.51. The van der Waals surface area contributed by atoms with Crippen molar-refractivity contribution >= 4 is 5.91 Å². The molecule has 114 valence electrons. The van der Waals surface area contributed by atoms with Crippen molar-refractivity contribution in [1.29, 1.82) is 0 Å². The first-order valence-electron chi connectivity index (χ1n) is 7.91. The molecule has 4 nitrogen and oxygen atoms in total. The first-order valence-corrected chi connectivity index (χ1v) is 7.91. The van der Waals surface area contributed by atoms with Crippen molar-refractivity contribution in [1.82, 2.24) is 10.6 Å². The van der Waals surface area contributed by atoms with Gasteiger partial charge in [-0.25, -0.2) is 0 Å². The molecule has 0 spiro atoms. The van der Waals surface area contributed by atoms with Gasteiger partial charge in [0.2, 0.25) is 0 Å². The van der Waals surface area contributed by atoms with Crippen LogP contribution in [0.5, 0.6) is 5.75 Å². The molecule has 0 saturated carbocycles. The van der Waals surface area contributed by atoms with E-state index in [2.05, 4.69) is 30.5 Å². The van der Waals surface area contributed by atoms with Crippen LogP contribution in [0.25, 0.3) is 0 Å². The van der Waals surface area contributed by atoms with Crippen molar-refractivity contribution in [3.63, 3.8) is 0 Å². The number of rotatable bonds is 4. The average Bonchev–Trinajstić information content (AvgIpc) is 2.88. The first kappa shape index (κ1) is 14.4. The summed E-state index contributed by atoms with van der Waals surface area (Å²) in [7, 11) is 0. The Morgan fingerprint density at radius 3 is 2.95 bits per heavy atom. The van der Waals surface area contributed by atoms with E-state index in [9.17, 15) is 4.79 Å². The molecule has 1 saturated heterocycles. The molecule has 0 aromatic heterocycles. The molecule has 2 N–H and O–H groups in total. The fourth-order valence-electron chi connectivity index (χ4n) is 3.19. The van der Waals surface area contributed by atoms with Gasteiger partial charge in [-0.3, -0.25) is 4.79 Å². The standard InChI is InChI=1S/C17H24N2O2/c1-11(2)5-6-21-13-3-4-14-15(7-13)17(20)19-9-12-8-18-10-16(12)14/h3-4,7,11-12,16,18H,5-6,8-10H2,1-2H3,(H,19,20)/t12-,16+/m1/s1. The molecule has 0 bridgehead atoms. The number of carbonyl (C=O) groups is 1. The molecule has 1 fully saturated rings. The van der Waals surface area contributed by atoms with Gasteiger partial charge < -0.3 is 15.4 Å². The second kappa shape index (κ2) is 6.06. The lowest BCUT2D eigenvalue weighted by Crippen LogP contribution is -2.28. The highest BCUT2D eigenvalue weighted by Crippen LogP contribution is 2.34. The van der Waals surface area contributed by atoms with Crippen LogP contribution in [0.15, 0.2) is 18.2 Å². The fourth-order valence-corrected chi connectivity index (χ4v) is 3.19. The Balaban J connectivity index is 1.81. The lowest BCUT2D eigenvalue weighted by Gasteiger charge is -2.17. The molecular weight excluding hydrogens is 264 g/mol.